The number of nitrogens with zero attached hydrogens (tertiary/aromatic N) is 5. The van der Waals surface area contributed by atoms with Crippen molar-refractivity contribution in [3.05, 3.63) is 35.5 Å². The van der Waals surface area contributed by atoms with E-state index in [9.17, 15) is 9.59 Å². The first kappa shape index (κ1) is 18.5. The number of carbonyl (C=O) groups is 2. The fraction of sp³-hybridized carbons (Fsp3) is 0.353. The first-order chi connectivity index (χ1) is 13.1. The Kier molecular flexibility index (Phi) is 5.46. The molecule has 1 aromatic heterocycles. The maximum absolute atomic E-state index is 12.4. The molecule has 0 radical (unpaired) electrons. The third-order valence-electron chi connectivity index (χ3n) is 3.98. The van der Waals surface area contributed by atoms with E-state index in [1.165, 1.54) is 19.0 Å². The predicted molar refractivity (Wildman–Crippen MR) is 93.3 cm³/mol. The summed E-state index contributed by atoms with van der Waals surface area (Å²) in [5.74, 6) is -0.851. The van der Waals surface area contributed by atoms with Gasteiger partial charge in [-0.05, 0) is 24.3 Å². The van der Waals surface area contributed by atoms with E-state index in [0.717, 1.165) is 0 Å². The van der Waals surface area contributed by atoms with E-state index < -0.39 is 11.9 Å². The van der Waals surface area contributed by atoms with E-state index in [0.29, 0.717) is 23.6 Å². The Morgan fingerprint density at radius 3 is 2.67 bits per heavy atom. The van der Waals surface area contributed by atoms with Crippen molar-refractivity contribution in [2.24, 2.45) is 0 Å². The number of aromatic nitrogens is 4. The normalized spacial score (nSPS) is 14.3. The Bertz CT molecular complexity index is 891. The van der Waals surface area contributed by atoms with Crippen LogP contribution in [0, 0.1) is 0 Å². The number of esters is 2. The number of rotatable bonds is 5. The SMILES string of the molecule is CCn1nnc(-c2cccc(N3COCC(C(=O)OC)=C3C(=O)OC)c2)n1. The van der Waals surface area contributed by atoms with Gasteiger partial charge in [-0.2, -0.15) is 4.80 Å². The van der Waals surface area contributed by atoms with Gasteiger partial charge in [0.05, 0.1) is 32.9 Å². The van der Waals surface area contributed by atoms with Crippen LogP contribution in [0.15, 0.2) is 35.5 Å². The summed E-state index contributed by atoms with van der Waals surface area (Å²) in [7, 11) is 2.49. The molecule has 3 rings (SSSR count). The quantitative estimate of drug-likeness (QED) is 0.701. The second-order valence-electron chi connectivity index (χ2n) is 5.57. The van der Waals surface area contributed by atoms with Gasteiger partial charge in [0.25, 0.3) is 0 Å². The second kappa shape index (κ2) is 7.96. The number of carbonyl (C=O) groups excluding carboxylic acids is 2. The van der Waals surface area contributed by atoms with Gasteiger partial charge in [0.2, 0.25) is 5.82 Å². The van der Waals surface area contributed by atoms with E-state index >= 15 is 0 Å². The molecule has 0 fully saturated rings. The third-order valence-corrected chi connectivity index (χ3v) is 3.98. The van der Waals surface area contributed by atoms with Crippen LogP contribution in [0.1, 0.15) is 6.92 Å². The first-order valence-corrected chi connectivity index (χ1v) is 8.22. The van der Waals surface area contributed by atoms with E-state index in [2.05, 4.69) is 15.4 Å². The molecule has 1 aliphatic rings. The van der Waals surface area contributed by atoms with Crippen LogP contribution in [-0.2, 0) is 30.3 Å². The third kappa shape index (κ3) is 3.65. The molecule has 2 heterocycles. The van der Waals surface area contributed by atoms with Gasteiger partial charge in [-0.3, -0.25) is 0 Å². The highest BCUT2D eigenvalue weighted by Gasteiger charge is 2.32. The van der Waals surface area contributed by atoms with Crippen molar-refractivity contribution in [3.63, 3.8) is 0 Å². The molecule has 10 nitrogen and oxygen atoms in total. The lowest BCUT2D eigenvalue weighted by Crippen LogP contribution is -2.38. The van der Waals surface area contributed by atoms with Crippen molar-refractivity contribution in [2.75, 3.05) is 32.5 Å². The number of benzene rings is 1. The molecule has 2 aromatic rings. The second-order valence-corrected chi connectivity index (χ2v) is 5.57. The molecule has 0 saturated heterocycles. The van der Waals surface area contributed by atoms with Crippen molar-refractivity contribution >= 4 is 17.6 Å². The van der Waals surface area contributed by atoms with Gasteiger partial charge < -0.3 is 19.1 Å². The van der Waals surface area contributed by atoms with Crippen molar-refractivity contribution in [3.8, 4) is 11.4 Å². The highest BCUT2D eigenvalue weighted by atomic mass is 16.5. The standard InChI is InChI=1S/C17H19N5O5/c1-4-22-19-15(18-20-22)11-6-5-7-12(8-11)21-10-27-9-13(16(23)25-2)14(21)17(24)26-3/h5-8H,4,9-10H2,1-3H3. The zero-order chi connectivity index (χ0) is 19.4. The van der Waals surface area contributed by atoms with Crippen LogP contribution in [0.5, 0.6) is 0 Å². The fourth-order valence-electron chi connectivity index (χ4n) is 2.65. The Labute approximate surface area is 155 Å². The van der Waals surface area contributed by atoms with Gasteiger partial charge >= 0.3 is 11.9 Å². The molecule has 0 unspecified atom stereocenters. The van der Waals surface area contributed by atoms with E-state index in [1.807, 2.05) is 13.0 Å². The molecule has 0 bridgehead atoms. The zero-order valence-electron chi connectivity index (χ0n) is 15.2. The Balaban J connectivity index is 2.04. The Hall–Kier alpha value is -3.27. The van der Waals surface area contributed by atoms with Crippen LogP contribution in [0.2, 0.25) is 0 Å². The molecule has 27 heavy (non-hydrogen) atoms. The molecular formula is C17H19N5O5. The van der Waals surface area contributed by atoms with Crippen LogP contribution in [0.3, 0.4) is 0 Å². The van der Waals surface area contributed by atoms with Crippen LogP contribution in [-0.4, -0.2) is 59.7 Å². The molecule has 0 saturated carbocycles. The van der Waals surface area contributed by atoms with Crippen LogP contribution < -0.4 is 4.90 Å². The highest BCUT2D eigenvalue weighted by molar-refractivity contribution is 6.03. The number of anilines is 1. The molecule has 0 N–H and O–H groups in total. The summed E-state index contributed by atoms with van der Waals surface area (Å²) in [5.41, 5.74) is 1.50. The average molecular weight is 373 g/mol. The zero-order valence-corrected chi connectivity index (χ0v) is 15.2. The number of ether oxygens (including phenoxy) is 3. The van der Waals surface area contributed by atoms with Gasteiger partial charge in [-0.1, -0.05) is 12.1 Å². The van der Waals surface area contributed by atoms with Gasteiger partial charge in [0.1, 0.15) is 12.4 Å². The maximum Gasteiger partial charge on any atom is 0.355 e. The molecule has 0 aliphatic carbocycles. The predicted octanol–water partition coefficient (Wildman–Crippen LogP) is 0.754. The molecular weight excluding hydrogens is 354 g/mol. The minimum Gasteiger partial charge on any atom is -0.466 e. The monoisotopic (exact) mass is 373 g/mol. The molecule has 1 aliphatic heterocycles. The van der Waals surface area contributed by atoms with Gasteiger partial charge in [0.15, 0.2) is 0 Å². The van der Waals surface area contributed by atoms with Crippen LogP contribution >= 0.6 is 0 Å². The topological polar surface area (TPSA) is 109 Å². The summed E-state index contributed by atoms with van der Waals surface area (Å²) >= 11 is 0. The lowest BCUT2D eigenvalue weighted by atomic mass is 10.1. The average Bonchev–Trinajstić information content (AvgIpc) is 3.21. The molecule has 1 aromatic carbocycles. The molecule has 0 atom stereocenters. The minimum absolute atomic E-state index is 0.0420. The number of hydrogen-bond donors (Lipinski definition) is 0. The van der Waals surface area contributed by atoms with Crippen molar-refractivity contribution in [1.29, 1.82) is 0 Å². The molecule has 0 amide bonds. The van der Waals surface area contributed by atoms with Gasteiger partial charge in [0, 0.05) is 11.3 Å². The van der Waals surface area contributed by atoms with E-state index in [1.54, 1.807) is 23.1 Å². The lowest BCUT2D eigenvalue weighted by molar-refractivity contribution is -0.140. The summed E-state index contributed by atoms with van der Waals surface area (Å²) in [5, 5.41) is 12.3. The minimum atomic E-state index is -0.654. The number of hydrogen-bond acceptors (Lipinski definition) is 9. The Morgan fingerprint density at radius 2 is 2.00 bits per heavy atom. The lowest BCUT2D eigenvalue weighted by Gasteiger charge is -2.31. The fourth-order valence-corrected chi connectivity index (χ4v) is 2.65. The van der Waals surface area contributed by atoms with E-state index in [4.69, 9.17) is 14.2 Å². The molecule has 10 heteroatoms. The summed E-state index contributed by atoms with van der Waals surface area (Å²) in [6.07, 6.45) is 0. The summed E-state index contributed by atoms with van der Waals surface area (Å²) < 4.78 is 15.1. The summed E-state index contributed by atoms with van der Waals surface area (Å²) in [6.45, 7) is 2.54. The number of methoxy groups -OCH3 is 2. The maximum atomic E-state index is 12.4. The first-order valence-electron chi connectivity index (χ1n) is 8.22. The highest BCUT2D eigenvalue weighted by Crippen LogP contribution is 2.29. The molecule has 0 spiro atoms. The van der Waals surface area contributed by atoms with Gasteiger partial charge in [-0.25, -0.2) is 9.59 Å². The van der Waals surface area contributed by atoms with Crippen LogP contribution in [0.4, 0.5) is 5.69 Å². The molecule has 142 valence electrons. The van der Waals surface area contributed by atoms with E-state index in [-0.39, 0.29) is 24.6 Å². The van der Waals surface area contributed by atoms with Crippen molar-refractivity contribution < 1.29 is 23.8 Å². The summed E-state index contributed by atoms with van der Waals surface area (Å²) in [4.78, 5) is 27.5. The summed E-state index contributed by atoms with van der Waals surface area (Å²) in [6, 6.07) is 7.18. The van der Waals surface area contributed by atoms with Crippen LogP contribution in [0.25, 0.3) is 11.4 Å². The van der Waals surface area contributed by atoms with Crippen molar-refractivity contribution in [2.45, 2.75) is 13.5 Å². The largest absolute Gasteiger partial charge is 0.466 e. The smallest absolute Gasteiger partial charge is 0.355 e. The van der Waals surface area contributed by atoms with Crippen molar-refractivity contribution in [1.82, 2.24) is 20.2 Å². The number of aryl methyl sites for hydroxylation is 1. The number of tetrazole rings is 1. The van der Waals surface area contributed by atoms with Gasteiger partial charge in [-0.15, -0.1) is 10.2 Å². The Morgan fingerprint density at radius 1 is 1.22 bits per heavy atom.